The van der Waals surface area contributed by atoms with E-state index in [9.17, 15) is 17.6 Å². The summed E-state index contributed by atoms with van der Waals surface area (Å²) in [7, 11) is 1.63. The zero-order valence-corrected chi connectivity index (χ0v) is 12.6. The first kappa shape index (κ1) is 16.0. The van der Waals surface area contributed by atoms with Gasteiger partial charge in [-0.2, -0.15) is 13.2 Å². The molecule has 1 unspecified atom stereocenters. The average molecular weight is 362 g/mol. The minimum absolute atomic E-state index is 0.375. The van der Waals surface area contributed by atoms with E-state index >= 15 is 0 Å². The van der Waals surface area contributed by atoms with Crippen LogP contribution in [-0.2, 0) is 6.18 Å². The van der Waals surface area contributed by atoms with Crippen LogP contribution in [0.5, 0.6) is 0 Å². The Morgan fingerprint density at radius 2 is 1.67 bits per heavy atom. The topological polar surface area (TPSA) is 12.0 Å². The maximum Gasteiger partial charge on any atom is 0.416 e. The van der Waals surface area contributed by atoms with E-state index in [1.54, 1.807) is 19.2 Å². The van der Waals surface area contributed by atoms with Gasteiger partial charge in [-0.3, -0.25) is 0 Å². The van der Waals surface area contributed by atoms with Gasteiger partial charge in [0.2, 0.25) is 0 Å². The van der Waals surface area contributed by atoms with Crippen molar-refractivity contribution in [2.75, 3.05) is 7.05 Å². The molecule has 0 aromatic heterocycles. The van der Waals surface area contributed by atoms with E-state index in [-0.39, 0.29) is 0 Å². The van der Waals surface area contributed by atoms with E-state index in [0.717, 1.165) is 12.1 Å². The van der Waals surface area contributed by atoms with Crippen LogP contribution in [0, 0.1) is 5.82 Å². The van der Waals surface area contributed by atoms with Gasteiger partial charge in [-0.25, -0.2) is 4.39 Å². The van der Waals surface area contributed by atoms with Crippen molar-refractivity contribution in [2.24, 2.45) is 0 Å². The Hall–Kier alpha value is -1.40. The zero-order valence-electron chi connectivity index (χ0n) is 11.0. The number of alkyl halides is 3. The highest BCUT2D eigenvalue weighted by atomic mass is 79.9. The number of rotatable bonds is 3. The summed E-state index contributed by atoms with van der Waals surface area (Å²) >= 11 is 3.17. The maximum absolute atomic E-state index is 14.0. The highest BCUT2D eigenvalue weighted by Gasteiger charge is 2.30. The van der Waals surface area contributed by atoms with Crippen LogP contribution in [-0.4, -0.2) is 7.05 Å². The molecule has 2 aromatic rings. The van der Waals surface area contributed by atoms with Crippen molar-refractivity contribution in [3.8, 4) is 0 Å². The van der Waals surface area contributed by atoms with Gasteiger partial charge in [0, 0.05) is 10.0 Å². The van der Waals surface area contributed by atoms with E-state index in [1.807, 2.05) is 0 Å². The Bertz CT molecular complexity index is 623. The van der Waals surface area contributed by atoms with Crippen molar-refractivity contribution in [3.63, 3.8) is 0 Å². The van der Waals surface area contributed by atoms with Gasteiger partial charge >= 0.3 is 6.18 Å². The minimum atomic E-state index is -4.38. The predicted octanol–water partition coefficient (Wildman–Crippen LogP) is 4.92. The number of benzene rings is 2. The molecule has 0 bridgehead atoms. The molecule has 0 saturated heterocycles. The molecule has 0 spiro atoms. The van der Waals surface area contributed by atoms with Crippen molar-refractivity contribution in [1.29, 1.82) is 0 Å². The van der Waals surface area contributed by atoms with Gasteiger partial charge in [-0.15, -0.1) is 0 Å². The largest absolute Gasteiger partial charge is 0.416 e. The van der Waals surface area contributed by atoms with Crippen molar-refractivity contribution >= 4 is 15.9 Å². The normalized spacial score (nSPS) is 13.2. The maximum atomic E-state index is 14.0. The average Bonchev–Trinajstić information content (AvgIpc) is 2.41. The third-order valence-electron chi connectivity index (χ3n) is 3.13. The fourth-order valence-electron chi connectivity index (χ4n) is 2.10. The van der Waals surface area contributed by atoms with Crippen molar-refractivity contribution in [3.05, 3.63) is 69.4 Å². The van der Waals surface area contributed by atoms with Crippen molar-refractivity contribution in [1.82, 2.24) is 5.32 Å². The number of nitrogens with one attached hydrogen (secondary N) is 1. The highest BCUT2D eigenvalue weighted by molar-refractivity contribution is 9.10. The smallest absolute Gasteiger partial charge is 0.309 e. The van der Waals surface area contributed by atoms with Crippen LogP contribution >= 0.6 is 15.9 Å². The predicted molar refractivity (Wildman–Crippen MR) is 76.4 cm³/mol. The Labute approximate surface area is 128 Å². The van der Waals surface area contributed by atoms with E-state index < -0.39 is 23.6 Å². The molecule has 0 fully saturated rings. The summed E-state index contributed by atoms with van der Waals surface area (Å²) in [5, 5.41) is 2.92. The van der Waals surface area contributed by atoms with Gasteiger partial charge in [0.15, 0.2) is 0 Å². The summed E-state index contributed by atoms with van der Waals surface area (Å²) in [5.41, 5.74) is 0.213. The van der Waals surface area contributed by atoms with E-state index in [2.05, 4.69) is 21.2 Å². The fourth-order valence-corrected chi connectivity index (χ4v) is 2.44. The molecular weight excluding hydrogens is 350 g/mol. The van der Waals surface area contributed by atoms with E-state index in [0.29, 0.717) is 15.6 Å². The van der Waals surface area contributed by atoms with Gasteiger partial charge in [-0.05, 0) is 36.9 Å². The van der Waals surface area contributed by atoms with Crippen LogP contribution < -0.4 is 5.32 Å². The number of hydrogen-bond acceptors (Lipinski definition) is 1. The van der Waals surface area contributed by atoms with Crippen LogP contribution in [0.25, 0.3) is 0 Å². The molecule has 0 aliphatic rings. The fraction of sp³-hybridized carbons (Fsp3) is 0.200. The summed E-state index contributed by atoms with van der Waals surface area (Å²) < 4.78 is 52.3. The lowest BCUT2D eigenvalue weighted by Crippen LogP contribution is -2.19. The lowest BCUT2D eigenvalue weighted by atomic mass is 9.97. The molecule has 0 amide bonds. The van der Waals surface area contributed by atoms with Crippen molar-refractivity contribution in [2.45, 2.75) is 12.2 Å². The van der Waals surface area contributed by atoms with Crippen LogP contribution in [0.4, 0.5) is 17.6 Å². The molecule has 2 rings (SSSR count). The second-order valence-corrected chi connectivity index (χ2v) is 5.42. The second-order valence-electron chi connectivity index (χ2n) is 4.51. The summed E-state index contributed by atoms with van der Waals surface area (Å²) in [6.45, 7) is 0. The highest BCUT2D eigenvalue weighted by Crippen LogP contribution is 2.31. The van der Waals surface area contributed by atoms with Gasteiger partial charge in [0.1, 0.15) is 5.82 Å². The van der Waals surface area contributed by atoms with E-state index in [4.69, 9.17) is 0 Å². The first-order chi connectivity index (χ1) is 9.82. The Morgan fingerprint density at radius 1 is 1.05 bits per heavy atom. The molecule has 1 atom stereocenters. The molecule has 1 N–H and O–H groups in total. The first-order valence-electron chi connectivity index (χ1n) is 6.12. The quantitative estimate of drug-likeness (QED) is 0.765. The summed E-state index contributed by atoms with van der Waals surface area (Å²) in [6, 6.07) is 8.79. The third-order valence-corrected chi connectivity index (χ3v) is 3.63. The van der Waals surface area contributed by atoms with Gasteiger partial charge < -0.3 is 5.32 Å². The summed E-state index contributed by atoms with van der Waals surface area (Å²) in [4.78, 5) is 0. The molecule has 2 aromatic carbocycles. The molecule has 0 aliphatic carbocycles. The monoisotopic (exact) mass is 361 g/mol. The van der Waals surface area contributed by atoms with Gasteiger partial charge in [0.25, 0.3) is 0 Å². The zero-order chi connectivity index (χ0) is 15.6. The van der Waals surface area contributed by atoms with Crippen LogP contribution in [0.1, 0.15) is 22.7 Å². The SMILES string of the molecule is CNC(c1ccc(C(F)(F)F)cc1)c1ccc(Br)cc1F. The number of halogens is 5. The Kier molecular flexibility index (Phi) is 4.68. The van der Waals surface area contributed by atoms with Gasteiger partial charge in [0.05, 0.1) is 11.6 Å². The summed E-state index contributed by atoms with van der Waals surface area (Å²) in [6.07, 6.45) is -4.38. The van der Waals surface area contributed by atoms with Crippen LogP contribution in [0.2, 0.25) is 0 Å². The van der Waals surface area contributed by atoms with Gasteiger partial charge in [-0.1, -0.05) is 34.1 Å². The molecule has 1 nitrogen and oxygen atoms in total. The Morgan fingerprint density at radius 3 is 2.14 bits per heavy atom. The molecular formula is C15H12BrF4N. The molecule has 0 aliphatic heterocycles. The molecule has 0 radical (unpaired) electrons. The Balaban J connectivity index is 2.37. The first-order valence-corrected chi connectivity index (χ1v) is 6.91. The minimum Gasteiger partial charge on any atom is -0.309 e. The number of hydrogen-bond donors (Lipinski definition) is 1. The van der Waals surface area contributed by atoms with Crippen molar-refractivity contribution < 1.29 is 17.6 Å². The molecule has 0 heterocycles. The molecule has 112 valence electrons. The summed E-state index contributed by atoms with van der Waals surface area (Å²) in [5.74, 6) is -0.427. The molecule has 21 heavy (non-hydrogen) atoms. The second kappa shape index (κ2) is 6.15. The van der Waals surface area contributed by atoms with Crippen LogP contribution in [0.15, 0.2) is 46.9 Å². The molecule has 6 heteroatoms. The lowest BCUT2D eigenvalue weighted by molar-refractivity contribution is -0.137. The molecule has 0 saturated carbocycles. The van der Waals surface area contributed by atoms with Crippen LogP contribution in [0.3, 0.4) is 0 Å². The lowest BCUT2D eigenvalue weighted by Gasteiger charge is -2.19. The third kappa shape index (κ3) is 3.63. The van der Waals surface area contributed by atoms with E-state index in [1.165, 1.54) is 18.2 Å². The standard InChI is InChI=1S/C15H12BrF4N/c1-21-14(12-7-6-11(16)8-13(12)17)9-2-4-10(5-3-9)15(18,19)20/h2-8,14,21H,1H3.